The molecule has 0 aliphatic heterocycles. The zero-order valence-electron chi connectivity index (χ0n) is 8.50. The first-order chi connectivity index (χ1) is 5.44. The minimum atomic E-state index is -0.172. The average Bonchev–Trinajstić information content (AvgIpc) is 1.97. The molecular formula is C10H20O2. The normalized spacial score (nSPS) is 33.5. The van der Waals surface area contributed by atoms with E-state index in [4.69, 9.17) is 4.74 Å². The molecule has 0 aromatic heterocycles. The molecule has 1 saturated carbocycles. The van der Waals surface area contributed by atoms with Crippen molar-refractivity contribution in [1.82, 2.24) is 0 Å². The summed E-state index contributed by atoms with van der Waals surface area (Å²) in [7, 11) is 0. The van der Waals surface area contributed by atoms with Crippen LogP contribution in [0.3, 0.4) is 0 Å². The summed E-state index contributed by atoms with van der Waals surface area (Å²) in [4.78, 5) is 0. The van der Waals surface area contributed by atoms with Crippen molar-refractivity contribution >= 4 is 0 Å². The van der Waals surface area contributed by atoms with Crippen LogP contribution in [0.2, 0.25) is 0 Å². The van der Waals surface area contributed by atoms with Crippen molar-refractivity contribution in [3.8, 4) is 0 Å². The van der Waals surface area contributed by atoms with Crippen LogP contribution in [0.25, 0.3) is 0 Å². The van der Waals surface area contributed by atoms with Gasteiger partial charge in [-0.3, -0.25) is 0 Å². The molecule has 1 rings (SSSR count). The molecule has 0 spiro atoms. The highest BCUT2D eigenvalue weighted by atomic mass is 16.5. The fourth-order valence-electron chi connectivity index (χ4n) is 1.46. The second kappa shape index (κ2) is 3.35. The van der Waals surface area contributed by atoms with E-state index < -0.39 is 0 Å². The van der Waals surface area contributed by atoms with Gasteiger partial charge in [0.2, 0.25) is 0 Å². The average molecular weight is 172 g/mol. The Hall–Kier alpha value is -0.0800. The Morgan fingerprint density at radius 2 is 2.08 bits per heavy atom. The Balaban J connectivity index is 2.28. The minimum absolute atomic E-state index is 0.0328. The van der Waals surface area contributed by atoms with Crippen LogP contribution in [0.5, 0.6) is 0 Å². The predicted molar refractivity (Wildman–Crippen MR) is 49.0 cm³/mol. The first-order valence-corrected chi connectivity index (χ1v) is 4.74. The number of rotatable bonds is 3. The van der Waals surface area contributed by atoms with E-state index in [1.54, 1.807) is 0 Å². The van der Waals surface area contributed by atoms with Crippen LogP contribution in [-0.4, -0.2) is 23.9 Å². The van der Waals surface area contributed by atoms with Gasteiger partial charge in [0.05, 0.1) is 12.2 Å². The van der Waals surface area contributed by atoms with E-state index in [9.17, 15) is 5.11 Å². The topological polar surface area (TPSA) is 29.5 Å². The third kappa shape index (κ3) is 1.80. The van der Waals surface area contributed by atoms with Gasteiger partial charge in [0, 0.05) is 18.4 Å². The molecule has 0 aromatic rings. The zero-order chi connectivity index (χ0) is 9.35. The fraction of sp³-hybridized carbons (Fsp3) is 1.00. The molecule has 1 fully saturated rings. The van der Waals surface area contributed by atoms with Gasteiger partial charge in [-0.15, -0.1) is 0 Å². The maximum Gasteiger partial charge on any atom is 0.0675 e. The summed E-state index contributed by atoms with van der Waals surface area (Å²) in [5, 5.41) is 9.43. The molecule has 0 amide bonds. The monoisotopic (exact) mass is 172 g/mol. The molecule has 12 heavy (non-hydrogen) atoms. The Morgan fingerprint density at radius 3 is 2.42 bits per heavy atom. The molecule has 2 heteroatoms. The van der Waals surface area contributed by atoms with Crippen molar-refractivity contribution < 1.29 is 9.84 Å². The van der Waals surface area contributed by atoms with Crippen molar-refractivity contribution in [3.63, 3.8) is 0 Å². The summed E-state index contributed by atoms with van der Waals surface area (Å²) in [5.74, 6) is 0.582. The Bertz CT molecular complexity index is 152. The highest BCUT2D eigenvalue weighted by molar-refractivity contribution is 4.98. The van der Waals surface area contributed by atoms with Gasteiger partial charge < -0.3 is 9.84 Å². The maximum atomic E-state index is 9.43. The van der Waals surface area contributed by atoms with E-state index in [0.717, 1.165) is 13.0 Å². The van der Waals surface area contributed by atoms with Crippen molar-refractivity contribution in [1.29, 1.82) is 0 Å². The molecule has 2 nitrogen and oxygen atoms in total. The lowest BCUT2D eigenvalue weighted by Crippen LogP contribution is -2.54. The van der Waals surface area contributed by atoms with Crippen molar-refractivity contribution in [2.45, 2.75) is 46.3 Å². The van der Waals surface area contributed by atoms with Gasteiger partial charge in [-0.05, 0) is 5.92 Å². The standard InChI is InChI=1S/C10H20O2/c1-7(2)6-12-9-5-8(11)10(9,3)4/h7-9,11H,5-6H2,1-4H3. The largest absolute Gasteiger partial charge is 0.392 e. The Kier molecular flexibility index (Phi) is 2.79. The second-order valence-corrected chi connectivity index (χ2v) is 4.79. The number of ether oxygens (including phenoxy) is 1. The van der Waals surface area contributed by atoms with Crippen LogP contribution in [0.15, 0.2) is 0 Å². The van der Waals surface area contributed by atoms with E-state index in [1.165, 1.54) is 0 Å². The number of aliphatic hydroxyl groups excluding tert-OH is 1. The predicted octanol–water partition coefficient (Wildman–Crippen LogP) is 1.82. The van der Waals surface area contributed by atoms with Crippen molar-refractivity contribution in [2.75, 3.05) is 6.61 Å². The zero-order valence-corrected chi connectivity index (χ0v) is 8.50. The molecular weight excluding hydrogens is 152 g/mol. The van der Waals surface area contributed by atoms with Gasteiger partial charge in [0.1, 0.15) is 0 Å². The second-order valence-electron chi connectivity index (χ2n) is 4.79. The van der Waals surface area contributed by atoms with Crippen LogP contribution in [-0.2, 0) is 4.74 Å². The third-order valence-corrected chi connectivity index (χ3v) is 2.76. The van der Waals surface area contributed by atoms with E-state index in [-0.39, 0.29) is 17.6 Å². The summed E-state index contributed by atoms with van der Waals surface area (Å²) >= 11 is 0. The fourth-order valence-corrected chi connectivity index (χ4v) is 1.46. The molecule has 2 atom stereocenters. The summed E-state index contributed by atoms with van der Waals surface area (Å²) in [6.07, 6.45) is 0.893. The molecule has 0 aromatic carbocycles. The lowest BCUT2D eigenvalue weighted by atomic mass is 9.66. The van der Waals surface area contributed by atoms with Crippen LogP contribution in [0, 0.1) is 11.3 Å². The summed E-state index contributed by atoms with van der Waals surface area (Å²) in [6.45, 7) is 9.21. The van der Waals surface area contributed by atoms with E-state index in [2.05, 4.69) is 27.7 Å². The van der Waals surface area contributed by atoms with Crippen LogP contribution >= 0.6 is 0 Å². The van der Waals surface area contributed by atoms with E-state index >= 15 is 0 Å². The van der Waals surface area contributed by atoms with Crippen LogP contribution in [0.4, 0.5) is 0 Å². The summed E-state index contributed by atoms with van der Waals surface area (Å²) in [6, 6.07) is 0. The first-order valence-electron chi connectivity index (χ1n) is 4.74. The molecule has 2 unspecified atom stereocenters. The third-order valence-electron chi connectivity index (χ3n) is 2.76. The smallest absolute Gasteiger partial charge is 0.0675 e. The number of hydrogen-bond acceptors (Lipinski definition) is 2. The lowest BCUT2D eigenvalue weighted by Gasteiger charge is -2.48. The summed E-state index contributed by atoms with van der Waals surface area (Å²) < 4.78 is 5.67. The Labute approximate surface area is 74.9 Å². The highest BCUT2D eigenvalue weighted by Crippen LogP contribution is 2.42. The molecule has 72 valence electrons. The molecule has 0 radical (unpaired) electrons. The molecule has 1 N–H and O–H groups in total. The number of hydrogen-bond donors (Lipinski definition) is 1. The Morgan fingerprint density at radius 1 is 1.50 bits per heavy atom. The first kappa shape index (κ1) is 10.0. The lowest BCUT2D eigenvalue weighted by molar-refractivity contribution is -0.178. The highest BCUT2D eigenvalue weighted by Gasteiger charge is 2.48. The van der Waals surface area contributed by atoms with Gasteiger partial charge in [0.25, 0.3) is 0 Å². The van der Waals surface area contributed by atoms with Crippen molar-refractivity contribution in [2.24, 2.45) is 11.3 Å². The van der Waals surface area contributed by atoms with Gasteiger partial charge in [-0.1, -0.05) is 27.7 Å². The van der Waals surface area contributed by atoms with Gasteiger partial charge in [-0.2, -0.15) is 0 Å². The molecule has 1 aliphatic carbocycles. The molecule has 0 saturated heterocycles. The SMILES string of the molecule is CC(C)COC1CC(O)C1(C)C. The maximum absolute atomic E-state index is 9.43. The molecule has 1 aliphatic rings. The van der Waals surface area contributed by atoms with E-state index in [0.29, 0.717) is 5.92 Å². The number of aliphatic hydroxyl groups is 1. The van der Waals surface area contributed by atoms with E-state index in [1.807, 2.05) is 0 Å². The van der Waals surface area contributed by atoms with Crippen LogP contribution < -0.4 is 0 Å². The minimum Gasteiger partial charge on any atom is -0.392 e. The quantitative estimate of drug-likeness (QED) is 0.703. The van der Waals surface area contributed by atoms with Gasteiger partial charge in [-0.25, -0.2) is 0 Å². The van der Waals surface area contributed by atoms with Gasteiger partial charge in [0.15, 0.2) is 0 Å². The molecule has 0 bridgehead atoms. The van der Waals surface area contributed by atoms with Crippen molar-refractivity contribution in [3.05, 3.63) is 0 Å². The molecule has 0 heterocycles. The summed E-state index contributed by atoms with van der Waals surface area (Å²) in [5.41, 5.74) is -0.0328. The van der Waals surface area contributed by atoms with Crippen LogP contribution in [0.1, 0.15) is 34.1 Å². The van der Waals surface area contributed by atoms with Gasteiger partial charge >= 0.3 is 0 Å².